The molecule has 2 aromatic heterocycles. The molecule has 1 N–H and O–H groups in total. The van der Waals surface area contributed by atoms with Crippen LogP contribution in [0.4, 0.5) is 0 Å². The van der Waals surface area contributed by atoms with E-state index in [9.17, 15) is 4.79 Å². The Hall–Kier alpha value is -3.21. The van der Waals surface area contributed by atoms with Gasteiger partial charge in [0.25, 0.3) is 0 Å². The van der Waals surface area contributed by atoms with E-state index in [1.165, 1.54) is 12.1 Å². The molecule has 0 atom stereocenters. The highest BCUT2D eigenvalue weighted by molar-refractivity contribution is 5.87. The van der Waals surface area contributed by atoms with Gasteiger partial charge in [0.05, 0.1) is 5.56 Å². The number of nitrogens with zero attached hydrogens (tertiary/aromatic N) is 2. The monoisotopic (exact) mass is 306 g/mol. The fourth-order valence-electron chi connectivity index (χ4n) is 2.20. The number of carboxylic acid groups (broad SMARTS) is 1. The maximum absolute atomic E-state index is 10.9. The van der Waals surface area contributed by atoms with Gasteiger partial charge in [-0.15, -0.1) is 0 Å². The average molecular weight is 306 g/mol. The third kappa shape index (κ3) is 3.18. The molecule has 0 radical (unpaired) electrons. The van der Waals surface area contributed by atoms with E-state index in [4.69, 9.17) is 9.84 Å². The van der Waals surface area contributed by atoms with Crippen molar-refractivity contribution in [3.05, 3.63) is 72.2 Å². The van der Waals surface area contributed by atoms with Crippen molar-refractivity contribution in [3.63, 3.8) is 0 Å². The topological polar surface area (TPSA) is 72.3 Å². The Morgan fingerprint density at radius 3 is 2.52 bits per heavy atom. The molecule has 5 heteroatoms. The van der Waals surface area contributed by atoms with Crippen LogP contribution in [-0.2, 0) is 0 Å². The standard InChI is InChI=1S/C18H14N2O3/c1-12-8-10-19-11-16(12)15-3-2-9-20-17(15)23-14-6-4-13(5-7-14)18(21)22/h2-11H,1H3,(H,21,22). The first kappa shape index (κ1) is 14.7. The quantitative estimate of drug-likeness (QED) is 0.790. The number of rotatable bonds is 4. The van der Waals surface area contributed by atoms with Gasteiger partial charge in [-0.2, -0.15) is 0 Å². The molecule has 114 valence electrons. The van der Waals surface area contributed by atoms with Crippen molar-refractivity contribution in [2.24, 2.45) is 0 Å². The number of carboxylic acids is 1. The van der Waals surface area contributed by atoms with Gasteiger partial charge in [0.1, 0.15) is 5.75 Å². The maximum atomic E-state index is 10.9. The van der Waals surface area contributed by atoms with Crippen molar-refractivity contribution < 1.29 is 14.6 Å². The zero-order valence-electron chi connectivity index (χ0n) is 12.4. The van der Waals surface area contributed by atoms with E-state index in [0.29, 0.717) is 11.6 Å². The second kappa shape index (κ2) is 6.27. The lowest BCUT2D eigenvalue weighted by molar-refractivity contribution is 0.0697. The molecule has 0 unspecified atom stereocenters. The molecule has 0 saturated carbocycles. The van der Waals surface area contributed by atoms with E-state index < -0.39 is 5.97 Å². The molecule has 5 nitrogen and oxygen atoms in total. The molecule has 0 fully saturated rings. The van der Waals surface area contributed by atoms with Crippen molar-refractivity contribution in [3.8, 4) is 22.8 Å². The number of carbonyl (C=O) groups is 1. The van der Waals surface area contributed by atoms with Gasteiger partial charge in [0, 0.05) is 29.7 Å². The third-order valence-corrected chi connectivity index (χ3v) is 3.42. The van der Waals surface area contributed by atoms with Gasteiger partial charge in [-0.05, 0) is 55.0 Å². The Kier molecular flexibility index (Phi) is 4.01. The van der Waals surface area contributed by atoms with Crippen LogP contribution in [0, 0.1) is 6.92 Å². The van der Waals surface area contributed by atoms with Crippen LogP contribution in [-0.4, -0.2) is 21.0 Å². The summed E-state index contributed by atoms with van der Waals surface area (Å²) in [6, 6.07) is 11.9. The van der Waals surface area contributed by atoms with Crippen LogP contribution in [0.5, 0.6) is 11.6 Å². The summed E-state index contributed by atoms with van der Waals surface area (Å²) >= 11 is 0. The summed E-state index contributed by atoms with van der Waals surface area (Å²) in [5, 5.41) is 8.93. The molecule has 0 aliphatic heterocycles. The van der Waals surface area contributed by atoms with Crippen LogP contribution < -0.4 is 4.74 Å². The molecular formula is C18H14N2O3. The highest BCUT2D eigenvalue weighted by Crippen LogP contribution is 2.32. The van der Waals surface area contributed by atoms with Gasteiger partial charge in [0.2, 0.25) is 5.88 Å². The minimum atomic E-state index is -0.971. The van der Waals surface area contributed by atoms with Crippen molar-refractivity contribution in [2.45, 2.75) is 6.92 Å². The van der Waals surface area contributed by atoms with Crippen molar-refractivity contribution in [1.82, 2.24) is 9.97 Å². The Balaban J connectivity index is 1.95. The lowest BCUT2D eigenvalue weighted by Crippen LogP contribution is -1.96. The van der Waals surface area contributed by atoms with Crippen LogP contribution in [0.15, 0.2) is 61.1 Å². The zero-order valence-corrected chi connectivity index (χ0v) is 12.4. The fourth-order valence-corrected chi connectivity index (χ4v) is 2.20. The lowest BCUT2D eigenvalue weighted by atomic mass is 10.0. The molecule has 23 heavy (non-hydrogen) atoms. The normalized spacial score (nSPS) is 10.3. The largest absolute Gasteiger partial charge is 0.478 e. The van der Waals surface area contributed by atoms with Gasteiger partial charge in [0.15, 0.2) is 0 Å². The number of hydrogen-bond donors (Lipinski definition) is 1. The molecule has 0 saturated heterocycles. The van der Waals surface area contributed by atoms with Gasteiger partial charge < -0.3 is 9.84 Å². The number of benzene rings is 1. The SMILES string of the molecule is Cc1ccncc1-c1cccnc1Oc1ccc(C(=O)O)cc1. The Morgan fingerprint density at radius 2 is 1.83 bits per heavy atom. The number of aromatic carboxylic acids is 1. The second-order valence-corrected chi connectivity index (χ2v) is 4.98. The van der Waals surface area contributed by atoms with Gasteiger partial charge in [-0.1, -0.05) is 0 Å². The number of pyridine rings is 2. The summed E-state index contributed by atoms with van der Waals surface area (Å²) in [5.41, 5.74) is 3.05. The van der Waals surface area contributed by atoms with Crippen LogP contribution >= 0.6 is 0 Å². The summed E-state index contributed by atoms with van der Waals surface area (Å²) in [6.45, 7) is 2.00. The van der Waals surface area contributed by atoms with E-state index in [1.54, 1.807) is 30.7 Å². The Morgan fingerprint density at radius 1 is 1.04 bits per heavy atom. The van der Waals surface area contributed by atoms with Gasteiger partial charge in [-0.25, -0.2) is 9.78 Å². The first-order valence-corrected chi connectivity index (χ1v) is 7.02. The summed E-state index contributed by atoms with van der Waals surface area (Å²) in [4.78, 5) is 19.3. The molecule has 0 aliphatic carbocycles. The predicted octanol–water partition coefficient (Wildman–Crippen LogP) is 3.94. The summed E-state index contributed by atoms with van der Waals surface area (Å²) in [6.07, 6.45) is 5.16. The predicted molar refractivity (Wildman–Crippen MR) is 85.7 cm³/mol. The molecule has 0 spiro atoms. The molecule has 3 rings (SSSR count). The van der Waals surface area contributed by atoms with Crippen LogP contribution in [0.2, 0.25) is 0 Å². The fraction of sp³-hybridized carbons (Fsp3) is 0.0556. The van der Waals surface area contributed by atoms with Gasteiger partial charge in [-0.3, -0.25) is 4.98 Å². The van der Waals surface area contributed by atoms with E-state index in [-0.39, 0.29) is 5.56 Å². The van der Waals surface area contributed by atoms with E-state index in [2.05, 4.69) is 9.97 Å². The molecule has 3 aromatic rings. The van der Waals surface area contributed by atoms with Crippen molar-refractivity contribution >= 4 is 5.97 Å². The Bertz CT molecular complexity index is 845. The van der Waals surface area contributed by atoms with Crippen molar-refractivity contribution in [1.29, 1.82) is 0 Å². The minimum Gasteiger partial charge on any atom is -0.478 e. The molecular weight excluding hydrogens is 292 g/mol. The molecule has 1 aromatic carbocycles. The molecule has 2 heterocycles. The second-order valence-electron chi connectivity index (χ2n) is 4.98. The van der Waals surface area contributed by atoms with Crippen LogP contribution in [0.25, 0.3) is 11.1 Å². The van der Waals surface area contributed by atoms with E-state index in [0.717, 1.165) is 16.7 Å². The summed E-state index contributed by atoms with van der Waals surface area (Å²) < 4.78 is 5.82. The van der Waals surface area contributed by atoms with E-state index >= 15 is 0 Å². The number of hydrogen-bond acceptors (Lipinski definition) is 4. The highest BCUT2D eigenvalue weighted by atomic mass is 16.5. The summed E-state index contributed by atoms with van der Waals surface area (Å²) in [5.74, 6) is 0.00392. The molecule has 0 aliphatic rings. The first-order valence-electron chi connectivity index (χ1n) is 7.02. The molecule has 0 bridgehead atoms. The minimum absolute atomic E-state index is 0.210. The summed E-state index contributed by atoms with van der Waals surface area (Å²) in [7, 11) is 0. The first-order chi connectivity index (χ1) is 11.1. The number of ether oxygens (including phenoxy) is 1. The maximum Gasteiger partial charge on any atom is 0.335 e. The van der Waals surface area contributed by atoms with Gasteiger partial charge >= 0.3 is 5.97 Å². The van der Waals surface area contributed by atoms with Crippen molar-refractivity contribution in [2.75, 3.05) is 0 Å². The zero-order chi connectivity index (χ0) is 16.2. The smallest absolute Gasteiger partial charge is 0.335 e. The number of aryl methyl sites for hydroxylation is 1. The average Bonchev–Trinajstić information content (AvgIpc) is 2.56. The van der Waals surface area contributed by atoms with E-state index in [1.807, 2.05) is 25.1 Å². The molecule has 0 amide bonds. The number of aromatic nitrogens is 2. The third-order valence-electron chi connectivity index (χ3n) is 3.42. The van der Waals surface area contributed by atoms with Crippen LogP contribution in [0.1, 0.15) is 15.9 Å². The highest BCUT2D eigenvalue weighted by Gasteiger charge is 2.11. The Labute approximate surface area is 133 Å². The lowest BCUT2D eigenvalue weighted by Gasteiger charge is -2.11. The van der Waals surface area contributed by atoms with Crippen LogP contribution in [0.3, 0.4) is 0 Å².